The molecule has 1 amide bonds. The number of carbonyl (C=O) groups is 1. The first-order valence-electron chi connectivity index (χ1n) is 8.49. The van der Waals surface area contributed by atoms with Crippen LogP contribution in [0.25, 0.3) is 0 Å². The number of anilines is 2. The number of nitrogens with zero attached hydrogens (tertiary/aromatic N) is 3. The van der Waals surface area contributed by atoms with Crippen molar-refractivity contribution in [3.63, 3.8) is 0 Å². The van der Waals surface area contributed by atoms with Crippen molar-refractivity contribution in [2.45, 2.75) is 47.0 Å². The molecule has 6 heteroatoms. The van der Waals surface area contributed by atoms with Crippen molar-refractivity contribution in [3.05, 3.63) is 11.8 Å². The fraction of sp³-hybridized carbons (Fsp3) is 0.706. The van der Waals surface area contributed by atoms with Crippen molar-refractivity contribution >= 4 is 17.7 Å². The summed E-state index contributed by atoms with van der Waals surface area (Å²) in [5.74, 6) is 1.69. The number of rotatable bonds is 5. The van der Waals surface area contributed by atoms with Crippen molar-refractivity contribution < 1.29 is 4.79 Å². The van der Waals surface area contributed by atoms with E-state index in [9.17, 15) is 4.79 Å². The van der Waals surface area contributed by atoms with Crippen LogP contribution in [0.1, 0.15) is 45.7 Å². The van der Waals surface area contributed by atoms with E-state index in [-0.39, 0.29) is 11.3 Å². The summed E-state index contributed by atoms with van der Waals surface area (Å²) in [4.78, 5) is 23.2. The first-order valence-corrected chi connectivity index (χ1v) is 8.49. The van der Waals surface area contributed by atoms with Gasteiger partial charge in [0.25, 0.3) is 0 Å². The third kappa shape index (κ3) is 5.37. The Morgan fingerprint density at radius 3 is 2.52 bits per heavy atom. The standard InChI is InChI=1S/C17H29N5O/c1-13-12-14(22-10-6-5-7-11-22)21-16(20-13)19-9-8-18-15(23)17(2,3)4/h12H,5-11H2,1-4H3,(H,18,23)(H,19,20,21). The molecule has 2 N–H and O–H groups in total. The normalized spacial score (nSPS) is 15.4. The maximum absolute atomic E-state index is 11.8. The molecule has 1 aromatic heterocycles. The Bertz CT molecular complexity index is 532. The average molecular weight is 319 g/mol. The van der Waals surface area contributed by atoms with Crippen LogP contribution >= 0.6 is 0 Å². The molecule has 0 radical (unpaired) electrons. The van der Waals surface area contributed by atoms with Crippen LogP contribution in [0.15, 0.2) is 6.07 Å². The summed E-state index contributed by atoms with van der Waals surface area (Å²) >= 11 is 0. The predicted molar refractivity (Wildman–Crippen MR) is 93.8 cm³/mol. The van der Waals surface area contributed by atoms with E-state index in [1.165, 1.54) is 19.3 Å². The Labute approximate surface area is 139 Å². The van der Waals surface area contributed by atoms with Gasteiger partial charge in [-0.3, -0.25) is 4.79 Å². The molecule has 0 spiro atoms. The van der Waals surface area contributed by atoms with Crippen LogP contribution in [0.4, 0.5) is 11.8 Å². The predicted octanol–water partition coefficient (Wildman–Crippen LogP) is 2.35. The maximum atomic E-state index is 11.8. The van der Waals surface area contributed by atoms with Crippen LogP contribution in [-0.4, -0.2) is 42.1 Å². The Balaban J connectivity index is 1.87. The third-order valence-electron chi connectivity index (χ3n) is 3.90. The van der Waals surface area contributed by atoms with Gasteiger partial charge in [0.2, 0.25) is 11.9 Å². The van der Waals surface area contributed by atoms with Gasteiger partial charge in [-0.1, -0.05) is 20.8 Å². The molecule has 0 unspecified atom stereocenters. The van der Waals surface area contributed by atoms with Gasteiger partial charge < -0.3 is 15.5 Å². The second-order valence-electron chi connectivity index (χ2n) is 7.17. The average Bonchev–Trinajstić information content (AvgIpc) is 2.51. The molecule has 1 aliphatic rings. The van der Waals surface area contributed by atoms with Gasteiger partial charge in [-0.05, 0) is 26.2 Å². The molecular weight excluding hydrogens is 290 g/mol. The maximum Gasteiger partial charge on any atom is 0.225 e. The zero-order chi connectivity index (χ0) is 16.9. The zero-order valence-electron chi connectivity index (χ0n) is 14.8. The molecule has 0 aliphatic carbocycles. The van der Waals surface area contributed by atoms with Crippen LogP contribution in [0.3, 0.4) is 0 Å². The highest BCUT2D eigenvalue weighted by Crippen LogP contribution is 2.19. The second kappa shape index (κ2) is 7.62. The zero-order valence-corrected chi connectivity index (χ0v) is 14.8. The number of aryl methyl sites for hydroxylation is 1. The van der Waals surface area contributed by atoms with Gasteiger partial charge in [0.15, 0.2) is 0 Å². The van der Waals surface area contributed by atoms with Crippen molar-refractivity contribution in [3.8, 4) is 0 Å². The number of amides is 1. The summed E-state index contributed by atoms with van der Waals surface area (Å²) in [6.07, 6.45) is 3.76. The van der Waals surface area contributed by atoms with E-state index < -0.39 is 0 Å². The number of hydrogen-bond donors (Lipinski definition) is 2. The van der Waals surface area contributed by atoms with Gasteiger partial charge >= 0.3 is 0 Å². The molecule has 0 aromatic carbocycles. The van der Waals surface area contributed by atoms with Gasteiger partial charge in [-0.15, -0.1) is 0 Å². The minimum Gasteiger partial charge on any atom is -0.356 e. The molecule has 128 valence electrons. The van der Waals surface area contributed by atoms with E-state index >= 15 is 0 Å². The van der Waals surface area contributed by atoms with Gasteiger partial charge in [0.1, 0.15) is 5.82 Å². The summed E-state index contributed by atoms with van der Waals surface area (Å²) in [7, 11) is 0. The van der Waals surface area contributed by atoms with Crippen LogP contribution in [0.2, 0.25) is 0 Å². The van der Waals surface area contributed by atoms with E-state index in [1.807, 2.05) is 33.8 Å². The Kier molecular flexibility index (Phi) is 5.80. The van der Waals surface area contributed by atoms with Crippen LogP contribution in [0.5, 0.6) is 0 Å². The summed E-state index contributed by atoms with van der Waals surface area (Å²) < 4.78 is 0. The van der Waals surface area contributed by atoms with Gasteiger partial charge in [-0.25, -0.2) is 4.98 Å². The second-order valence-corrected chi connectivity index (χ2v) is 7.17. The Morgan fingerprint density at radius 2 is 1.87 bits per heavy atom. The number of hydrogen-bond acceptors (Lipinski definition) is 5. The highest BCUT2D eigenvalue weighted by atomic mass is 16.2. The lowest BCUT2D eigenvalue weighted by Gasteiger charge is -2.28. The summed E-state index contributed by atoms with van der Waals surface area (Å²) in [5, 5.41) is 6.13. The number of carbonyl (C=O) groups excluding carboxylic acids is 1. The van der Waals surface area contributed by atoms with Crippen molar-refractivity contribution in [1.29, 1.82) is 0 Å². The van der Waals surface area contributed by atoms with Gasteiger partial charge in [-0.2, -0.15) is 4.98 Å². The van der Waals surface area contributed by atoms with Gasteiger partial charge in [0.05, 0.1) is 0 Å². The van der Waals surface area contributed by atoms with Crippen LogP contribution in [0, 0.1) is 12.3 Å². The van der Waals surface area contributed by atoms with E-state index in [1.54, 1.807) is 0 Å². The molecule has 1 fully saturated rings. The lowest BCUT2D eigenvalue weighted by molar-refractivity contribution is -0.128. The molecule has 0 bridgehead atoms. The lowest BCUT2D eigenvalue weighted by Crippen LogP contribution is -2.37. The molecule has 23 heavy (non-hydrogen) atoms. The highest BCUT2D eigenvalue weighted by Gasteiger charge is 2.20. The Morgan fingerprint density at radius 1 is 1.17 bits per heavy atom. The fourth-order valence-corrected chi connectivity index (χ4v) is 2.53. The molecule has 2 heterocycles. The van der Waals surface area contributed by atoms with E-state index in [4.69, 9.17) is 0 Å². The molecule has 0 atom stereocenters. The SMILES string of the molecule is Cc1cc(N2CCCCC2)nc(NCCNC(=O)C(C)(C)C)n1. The summed E-state index contributed by atoms with van der Waals surface area (Å²) in [6, 6.07) is 2.04. The van der Waals surface area contributed by atoms with E-state index in [0.717, 1.165) is 24.6 Å². The smallest absolute Gasteiger partial charge is 0.225 e. The molecule has 6 nitrogen and oxygen atoms in total. The first kappa shape index (κ1) is 17.5. The van der Waals surface area contributed by atoms with E-state index in [0.29, 0.717) is 19.0 Å². The largest absolute Gasteiger partial charge is 0.356 e. The monoisotopic (exact) mass is 319 g/mol. The fourth-order valence-electron chi connectivity index (χ4n) is 2.53. The molecule has 1 aliphatic heterocycles. The van der Waals surface area contributed by atoms with Crippen molar-refractivity contribution in [2.24, 2.45) is 5.41 Å². The molecule has 1 saturated heterocycles. The molecule has 0 saturated carbocycles. The quantitative estimate of drug-likeness (QED) is 0.815. The number of nitrogens with one attached hydrogen (secondary N) is 2. The summed E-state index contributed by atoms with van der Waals surface area (Å²) in [5.41, 5.74) is 0.600. The number of piperidine rings is 1. The minimum atomic E-state index is -0.360. The molecule has 1 aromatic rings. The molecular formula is C17H29N5O. The first-order chi connectivity index (χ1) is 10.9. The van der Waals surface area contributed by atoms with Crippen LogP contribution < -0.4 is 15.5 Å². The topological polar surface area (TPSA) is 70.2 Å². The van der Waals surface area contributed by atoms with Crippen molar-refractivity contribution in [1.82, 2.24) is 15.3 Å². The minimum absolute atomic E-state index is 0.0541. The summed E-state index contributed by atoms with van der Waals surface area (Å²) in [6.45, 7) is 11.0. The third-order valence-corrected chi connectivity index (χ3v) is 3.90. The Hall–Kier alpha value is -1.85. The highest BCUT2D eigenvalue weighted by molar-refractivity contribution is 5.81. The number of aromatic nitrogens is 2. The van der Waals surface area contributed by atoms with Crippen LogP contribution in [-0.2, 0) is 4.79 Å². The van der Waals surface area contributed by atoms with Gasteiger partial charge in [0, 0.05) is 43.4 Å². The molecule has 2 rings (SSSR count). The lowest BCUT2D eigenvalue weighted by atomic mass is 9.96. The van der Waals surface area contributed by atoms with Crippen molar-refractivity contribution in [2.75, 3.05) is 36.4 Å². The van der Waals surface area contributed by atoms with E-state index in [2.05, 4.69) is 25.5 Å².